The molecule has 2 aromatic rings. The fourth-order valence-corrected chi connectivity index (χ4v) is 3.51. The van der Waals surface area contributed by atoms with Gasteiger partial charge in [0.25, 0.3) is 5.91 Å². The van der Waals surface area contributed by atoms with E-state index in [0.717, 1.165) is 11.3 Å². The maximum Gasteiger partial charge on any atom is 0.261 e. The zero-order valence-corrected chi connectivity index (χ0v) is 16.3. The number of nitrogens with one attached hydrogen (secondary N) is 1. The Morgan fingerprint density at radius 3 is 2.46 bits per heavy atom. The van der Waals surface area contributed by atoms with Gasteiger partial charge < -0.3 is 24.6 Å². The Balaban J connectivity index is 1.89. The lowest BCUT2D eigenvalue weighted by atomic mass is 10.2. The van der Waals surface area contributed by atoms with Crippen LogP contribution in [0.2, 0.25) is 0 Å². The molecule has 0 aliphatic rings. The molecule has 2 N–H and O–H groups in total. The fourth-order valence-electron chi connectivity index (χ4n) is 2.48. The van der Waals surface area contributed by atoms with Gasteiger partial charge in [-0.1, -0.05) is 13.0 Å². The predicted octanol–water partition coefficient (Wildman–Crippen LogP) is 2.81. The Labute approximate surface area is 157 Å². The molecule has 0 aliphatic carbocycles. The SMILES string of the molecule is CCc1cc(C(=O)NCC(O)COc2c(OC)cccc2OC)sc1C. The van der Waals surface area contributed by atoms with Crippen LogP contribution in [-0.2, 0) is 6.42 Å². The third-order valence-corrected chi connectivity index (χ3v) is 5.02. The van der Waals surface area contributed by atoms with E-state index in [1.54, 1.807) is 18.2 Å². The Morgan fingerprint density at radius 1 is 1.27 bits per heavy atom. The summed E-state index contributed by atoms with van der Waals surface area (Å²) in [5.41, 5.74) is 1.17. The lowest BCUT2D eigenvalue weighted by Crippen LogP contribution is -2.35. The Bertz CT molecular complexity index is 721. The second-order valence-corrected chi connectivity index (χ2v) is 6.97. The monoisotopic (exact) mass is 379 g/mol. The van der Waals surface area contributed by atoms with E-state index < -0.39 is 6.10 Å². The molecule has 1 aromatic heterocycles. The molecule has 0 saturated carbocycles. The average Bonchev–Trinajstić information content (AvgIpc) is 3.04. The van der Waals surface area contributed by atoms with Crippen LogP contribution in [0, 0.1) is 6.92 Å². The van der Waals surface area contributed by atoms with Gasteiger partial charge in [0, 0.05) is 11.4 Å². The molecule has 142 valence electrons. The van der Waals surface area contributed by atoms with E-state index >= 15 is 0 Å². The number of hydrogen-bond acceptors (Lipinski definition) is 6. The number of carbonyl (C=O) groups excluding carboxylic acids is 1. The van der Waals surface area contributed by atoms with E-state index in [4.69, 9.17) is 14.2 Å². The molecule has 1 unspecified atom stereocenters. The normalized spacial score (nSPS) is 11.7. The molecule has 2 rings (SSSR count). The highest BCUT2D eigenvalue weighted by Gasteiger charge is 2.16. The number of aliphatic hydroxyl groups excluding tert-OH is 1. The predicted molar refractivity (Wildman–Crippen MR) is 102 cm³/mol. The summed E-state index contributed by atoms with van der Waals surface area (Å²) in [6.45, 7) is 4.16. The molecule has 1 amide bonds. The van der Waals surface area contributed by atoms with E-state index in [1.165, 1.54) is 31.1 Å². The molecule has 26 heavy (non-hydrogen) atoms. The van der Waals surface area contributed by atoms with Crippen LogP contribution in [0.3, 0.4) is 0 Å². The molecule has 0 radical (unpaired) electrons. The first-order chi connectivity index (χ1) is 12.5. The standard InChI is InChI=1S/C19H25NO5S/c1-5-13-9-17(26-12(13)2)19(22)20-10-14(21)11-25-18-15(23-3)7-6-8-16(18)24-4/h6-9,14,21H,5,10-11H2,1-4H3,(H,20,22). The molecular formula is C19H25NO5S. The molecular weight excluding hydrogens is 354 g/mol. The number of thiophene rings is 1. The van der Waals surface area contributed by atoms with E-state index in [2.05, 4.69) is 12.2 Å². The summed E-state index contributed by atoms with van der Waals surface area (Å²) in [7, 11) is 3.07. The summed E-state index contributed by atoms with van der Waals surface area (Å²) in [5, 5.41) is 12.9. The van der Waals surface area contributed by atoms with Crippen molar-refractivity contribution in [2.75, 3.05) is 27.4 Å². The van der Waals surface area contributed by atoms with Crippen molar-refractivity contribution in [3.05, 3.63) is 39.6 Å². The number of rotatable bonds is 9. The van der Waals surface area contributed by atoms with Crippen LogP contribution < -0.4 is 19.5 Å². The molecule has 0 saturated heterocycles. The quantitative estimate of drug-likeness (QED) is 0.701. The van der Waals surface area contributed by atoms with Crippen LogP contribution in [0.15, 0.2) is 24.3 Å². The van der Waals surface area contributed by atoms with Crippen molar-refractivity contribution in [1.82, 2.24) is 5.32 Å². The number of methoxy groups -OCH3 is 2. The number of amides is 1. The summed E-state index contributed by atoms with van der Waals surface area (Å²) in [5.74, 6) is 1.26. The van der Waals surface area contributed by atoms with Crippen molar-refractivity contribution >= 4 is 17.2 Å². The number of carbonyl (C=O) groups is 1. The Morgan fingerprint density at radius 2 is 1.92 bits per heavy atom. The first-order valence-electron chi connectivity index (χ1n) is 8.39. The van der Waals surface area contributed by atoms with Crippen LogP contribution in [0.5, 0.6) is 17.2 Å². The molecule has 6 nitrogen and oxygen atoms in total. The van der Waals surface area contributed by atoms with Crippen LogP contribution >= 0.6 is 11.3 Å². The highest BCUT2D eigenvalue weighted by atomic mass is 32.1. The zero-order chi connectivity index (χ0) is 19.1. The second kappa shape index (κ2) is 9.45. The summed E-state index contributed by atoms with van der Waals surface area (Å²) >= 11 is 1.46. The molecule has 0 fully saturated rings. The Kier molecular flexibility index (Phi) is 7.29. The van der Waals surface area contributed by atoms with Gasteiger partial charge in [-0.25, -0.2) is 0 Å². The van der Waals surface area contributed by atoms with Gasteiger partial charge in [-0.2, -0.15) is 0 Å². The van der Waals surface area contributed by atoms with E-state index in [1.807, 2.05) is 13.0 Å². The van der Waals surface area contributed by atoms with Crippen molar-refractivity contribution in [3.8, 4) is 17.2 Å². The van der Waals surface area contributed by atoms with E-state index in [-0.39, 0.29) is 19.1 Å². The molecule has 0 bridgehead atoms. The van der Waals surface area contributed by atoms with Gasteiger partial charge >= 0.3 is 0 Å². The largest absolute Gasteiger partial charge is 0.493 e. The minimum absolute atomic E-state index is 0.000686. The summed E-state index contributed by atoms with van der Waals surface area (Å²) in [6.07, 6.45) is 0.0348. The van der Waals surface area contributed by atoms with Gasteiger partial charge in [0.1, 0.15) is 12.7 Å². The average molecular weight is 379 g/mol. The van der Waals surface area contributed by atoms with Crippen molar-refractivity contribution in [2.24, 2.45) is 0 Å². The smallest absolute Gasteiger partial charge is 0.261 e. The van der Waals surface area contributed by atoms with Crippen LogP contribution in [0.4, 0.5) is 0 Å². The van der Waals surface area contributed by atoms with Crippen molar-refractivity contribution in [2.45, 2.75) is 26.4 Å². The molecule has 1 aromatic carbocycles. The first-order valence-corrected chi connectivity index (χ1v) is 9.21. The molecule has 1 heterocycles. The lowest BCUT2D eigenvalue weighted by Gasteiger charge is -2.17. The second-order valence-electron chi connectivity index (χ2n) is 5.71. The molecule has 0 spiro atoms. The van der Waals surface area contributed by atoms with Gasteiger partial charge in [-0.3, -0.25) is 4.79 Å². The van der Waals surface area contributed by atoms with Gasteiger partial charge in [0.2, 0.25) is 5.75 Å². The van der Waals surface area contributed by atoms with E-state index in [9.17, 15) is 9.90 Å². The third-order valence-electron chi connectivity index (χ3n) is 3.93. The van der Waals surface area contributed by atoms with Gasteiger partial charge in [-0.05, 0) is 37.1 Å². The van der Waals surface area contributed by atoms with Crippen LogP contribution in [-0.4, -0.2) is 44.5 Å². The maximum absolute atomic E-state index is 12.2. The van der Waals surface area contributed by atoms with Gasteiger partial charge in [0.05, 0.1) is 19.1 Å². The highest BCUT2D eigenvalue weighted by Crippen LogP contribution is 2.36. The highest BCUT2D eigenvalue weighted by molar-refractivity contribution is 7.14. The zero-order valence-electron chi connectivity index (χ0n) is 15.5. The summed E-state index contributed by atoms with van der Waals surface area (Å²) < 4.78 is 16.1. The summed E-state index contributed by atoms with van der Waals surface area (Å²) in [6, 6.07) is 7.18. The van der Waals surface area contributed by atoms with Gasteiger partial charge in [-0.15, -0.1) is 11.3 Å². The number of hydrogen-bond donors (Lipinski definition) is 2. The molecule has 1 atom stereocenters. The van der Waals surface area contributed by atoms with Crippen LogP contribution in [0.1, 0.15) is 27.0 Å². The minimum atomic E-state index is -0.861. The maximum atomic E-state index is 12.2. The number of aliphatic hydroxyl groups is 1. The Hall–Kier alpha value is -2.25. The summed E-state index contributed by atoms with van der Waals surface area (Å²) in [4.78, 5) is 14.0. The minimum Gasteiger partial charge on any atom is -0.493 e. The molecule has 0 aliphatic heterocycles. The first kappa shape index (κ1) is 20.1. The lowest BCUT2D eigenvalue weighted by molar-refractivity contribution is 0.0836. The number of benzene rings is 1. The van der Waals surface area contributed by atoms with Crippen LogP contribution in [0.25, 0.3) is 0 Å². The topological polar surface area (TPSA) is 77.0 Å². The van der Waals surface area contributed by atoms with Crippen molar-refractivity contribution < 1.29 is 24.1 Å². The van der Waals surface area contributed by atoms with E-state index in [0.29, 0.717) is 22.1 Å². The third kappa shape index (κ3) is 4.89. The molecule has 7 heteroatoms. The number of para-hydroxylation sites is 1. The van der Waals surface area contributed by atoms with Crippen molar-refractivity contribution in [3.63, 3.8) is 0 Å². The number of aryl methyl sites for hydroxylation is 2. The van der Waals surface area contributed by atoms with Crippen molar-refractivity contribution in [1.29, 1.82) is 0 Å². The fraction of sp³-hybridized carbons (Fsp3) is 0.421. The van der Waals surface area contributed by atoms with Gasteiger partial charge in [0.15, 0.2) is 11.5 Å². The number of ether oxygens (including phenoxy) is 3.